The molecule has 4 heterocycles. The summed E-state index contributed by atoms with van der Waals surface area (Å²) in [7, 11) is 1.30. The summed E-state index contributed by atoms with van der Waals surface area (Å²) in [5.74, 6) is 1.77. The molecule has 4 aliphatic rings. The van der Waals surface area contributed by atoms with E-state index < -0.39 is 24.3 Å². The average molecular weight is 799 g/mol. The predicted molar refractivity (Wildman–Crippen MR) is 221 cm³/mol. The third-order valence-electron chi connectivity index (χ3n) is 12.8. The van der Waals surface area contributed by atoms with Crippen molar-refractivity contribution in [2.45, 2.75) is 89.6 Å². The summed E-state index contributed by atoms with van der Waals surface area (Å²) in [5.41, 5.74) is 5.88. The number of amides is 4. The number of aromatic amines is 2. The van der Waals surface area contributed by atoms with E-state index in [0.717, 1.165) is 81.7 Å². The van der Waals surface area contributed by atoms with Crippen molar-refractivity contribution < 1.29 is 29.0 Å². The Morgan fingerprint density at radius 3 is 1.63 bits per heavy atom. The molecule has 3 aromatic carbocycles. The van der Waals surface area contributed by atoms with Gasteiger partial charge in [0.15, 0.2) is 0 Å². The first-order valence-electron chi connectivity index (χ1n) is 20.6. The first-order valence-corrected chi connectivity index (χ1v) is 20.6. The monoisotopic (exact) mass is 798 g/mol. The van der Waals surface area contributed by atoms with Crippen LogP contribution in [0.1, 0.15) is 77.1 Å². The lowest BCUT2D eigenvalue weighted by Gasteiger charge is -2.31. The number of carbonyl (C=O) groups is 4. The molecule has 5 N–H and O–H groups in total. The summed E-state index contributed by atoms with van der Waals surface area (Å²) in [6, 6.07) is 19.5. The van der Waals surface area contributed by atoms with Crippen molar-refractivity contribution in [3.63, 3.8) is 0 Å². The van der Waals surface area contributed by atoms with E-state index in [4.69, 9.17) is 14.7 Å². The summed E-state index contributed by atoms with van der Waals surface area (Å²) in [6.07, 6.45) is 5.40. The fourth-order valence-electron chi connectivity index (χ4n) is 9.44. The van der Waals surface area contributed by atoms with Crippen LogP contribution in [0.25, 0.3) is 44.4 Å². The van der Waals surface area contributed by atoms with E-state index in [1.54, 1.807) is 0 Å². The zero-order valence-corrected chi connectivity index (χ0v) is 33.8. The molecule has 306 valence electrons. The van der Waals surface area contributed by atoms with Crippen LogP contribution in [0.15, 0.2) is 73.1 Å². The van der Waals surface area contributed by atoms with E-state index in [2.05, 4.69) is 81.3 Å². The number of hydrogen-bond donors (Lipinski definition) is 5. The predicted octanol–water partition coefficient (Wildman–Crippen LogP) is 7.28. The molecule has 2 aliphatic heterocycles. The lowest BCUT2D eigenvalue weighted by atomic mass is 9.98. The molecule has 0 radical (unpaired) electrons. The van der Waals surface area contributed by atoms with Crippen LogP contribution in [-0.4, -0.2) is 90.1 Å². The van der Waals surface area contributed by atoms with E-state index in [0.29, 0.717) is 11.8 Å². The number of imidazole rings is 2. The maximum atomic E-state index is 13.8. The fourth-order valence-corrected chi connectivity index (χ4v) is 9.44. The number of fused-ring (bicyclic) bond motifs is 3. The SMILES string of the molecule is COC(=O)NC(C(=O)N1[C@@H]2C[C@@H]2C[C@H]1c1ncc(-c2ccc3cc(-c4ccc(-c5cnc([C@@H]6C[C@H]7C[C@H]7N6C(=O)C(NC(=O)O)C(C)C)[nH]5)cc4)ccc3c2)[nH]1)C(C)C. The van der Waals surface area contributed by atoms with Crippen molar-refractivity contribution in [1.82, 2.24) is 40.4 Å². The van der Waals surface area contributed by atoms with Crippen molar-refractivity contribution in [2.75, 3.05) is 7.11 Å². The summed E-state index contributed by atoms with van der Waals surface area (Å²) in [4.78, 5) is 71.2. The number of carboxylic acid groups (broad SMARTS) is 1. The lowest BCUT2D eigenvalue weighted by molar-refractivity contribution is -0.137. The smallest absolute Gasteiger partial charge is 0.407 e. The van der Waals surface area contributed by atoms with Crippen LogP contribution in [0.5, 0.6) is 0 Å². The number of H-pyrrole nitrogens is 2. The second-order valence-corrected chi connectivity index (χ2v) is 17.4. The molecule has 2 aromatic heterocycles. The van der Waals surface area contributed by atoms with Gasteiger partial charge in [-0.3, -0.25) is 9.59 Å². The molecule has 0 bridgehead atoms. The van der Waals surface area contributed by atoms with E-state index in [-0.39, 0.29) is 47.8 Å². The summed E-state index contributed by atoms with van der Waals surface area (Å²) in [5, 5.41) is 16.7. The molecule has 14 nitrogen and oxygen atoms in total. The van der Waals surface area contributed by atoms with Crippen LogP contribution in [0, 0.1) is 23.7 Å². The van der Waals surface area contributed by atoms with Crippen LogP contribution in [0.3, 0.4) is 0 Å². The number of aromatic nitrogens is 4. The van der Waals surface area contributed by atoms with Crippen LogP contribution < -0.4 is 10.6 Å². The van der Waals surface area contributed by atoms with Gasteiger partial charge in [0, 0.05) is 17.6 Å². The molecule has 8 atom stereocenters. The molecular weight excluding hydrogens is 749 g/mol. The summed E-state index contributed by atoms with van der Waals surface area (Å²) < 4.78 is 4.80. The standard InChI is InChI=1S/C45H50N8O6/c1-22(2)38(50-44(56)57)42(54)52-34-16-30(34)18-36(52)40-46-20-32(48-40)25-8-6-24(7-9-25)26-10-11-28-15-29(13-12-27(28)14-26)33-21-47-41(49-33)37-19-31-17-35(31)53(37)43(55)39(23(3)4)51-45(58)59-5/h6-15,20-23,30-31,34-39,50H,16-19H2,1-5H3,(H,46,48)(H,47,49)(H,51,58)(H,56,57)/t30-,31-,34-,35-,36+,37+,38?,39?/m1/s1. The Kier molecular flexibility index (Phi) is 9.67. The first-order chi connectivity index (χ1) is 28.4. The van der Waals surface area contributed by atoms with E-state index in [1.807, 2.05) is 49.9 Å². The van der Waals surface area contributed by atoms with Crippen LogP contribution in [0.4, 0.5) is 9.59 Å². The van der Waals surface area contributed by atoms with Gasteiger partial charge >= 0.3 is 12.2 Å². The van der Waals surface area contributed by atoms with Gasteiger partial charge in [0.25, 0.3) is 0 Å². The van der Waals surface area contributed by atoms with Crippen molar-refractivity contribution in [1.29, 1.82) is 0 Å². The highest BCUT2D eigenvalue weighted by molar-refractivity contribution is 5.91. The number of alkyl carbamates (subject to hydrolysis) is 1. The molecule has 0 spiro atoms. The zero-order chi connectivity index (χ0) is 41.3. The number of nitrogens with zero attached hydrogens (tertiary/aromatic N) is 4. The largest absolute Gasteiger partial charge is 0.465 e. The van der Waals surface area contributed by atoms with Crippen LogP contribution in [0.2, 0.25) is 0 Å². The number of piperidine rings is 2. The molecule has 4 fully saturated rings. The Balaban J connectivity index is 0.883. The Bertz CT molecular complexity index is 2440. The van der Waals surface area contributed by atoms with Crippen molar-refractivity contribution >= 4 is 34.8 Å². The van der Waals surface area contributed by atoms with Crippen molar-refractivity contribution in [3.05, 3.63) is 84.7 Å². The highest BCUT2D eigenvalue weighted by atomic mass is 16.5. The molecule has 14 heteroatoms. The Morgan fingerprint density at radius 2 is 1.12 bits per heavy atom. The molecule has 9 rings (SSSR count). The highest BCUT2D eigenvalue weighted by Crippen LogP contribution is 2.54. The molecule has 2 aliphatic carbocycles. The Morgan fingerprint density at radius 1 is 0.661 bits per heavy atom. The second kappa shape index (κ2) is 14.9. The third kappa shape index (κ3) is 7.18. The Labute approximate surface area is 342 Å². The van der Waals surface area contributed by atoms with Crippen molar-refractivity contribution in [3.8, 4) is 33.6 Å². The zero-order valence-electron chi connectivity index (χ0n) is 33.8. The van der Waals surface area contributed by atoms with Gasteiger partial charge in [-0.1, -0.05) is 76.2 Å². The summed E-state index contributed by atoms with van der Waals surface area (Å²) in [6.45, 7) is 7.55. The maximum absolute atomic E-state index is 13.8. The van der Waals surface area contributed by atoms with Gasteiger partial charge in [-0.25, -0.2) is 19.6 Å². The topological polar surface area (TPSA) is 186 Å². The van der Waals surface area contributed by atoms with Crippen LogP contribution in [-0.2, 0) is 14.3 Å². The van der Waals surface area contributed by atoms with Gasteiger partial charge in [-0.2, -0.15) is 0 Å². The quantitative estimate of drug-likeness (QED) is 0.0923. The number of ether oxygens (including phenoxy) is 1. The van der Waals surface area contributed by atoms with Gasteiger partial charge in [-0.05, 0) is 89.0 Å². The van der Waals surface area contributed by atoms with Gasteiger partial charge in [0.1, 0.15) is 23.7 Å². The Hall–Kier alpha value is -6.18. The second-order valence-electron chi connectivity index (χ2n) is 17.4. The maximum Gasteiger partial charge on any atom is 0.407 e. The number of carbonyl (C=O) groups excluding carboxylic acids is 3. The summed E-state index contributed by atoms with van der Waals surface area (Å²) >= 11 is 0. The van der Waals surface area contributed by atoms with E-state index in [9.17, 15) is 24.3 Å². The average Bonchev–Trinajstić information content (AvgIpc) is 3.81. The molecule has 2 unspecified atom stereocenters. The lowest BCUT2D eigenvalue weighted by Crippen LogP contribution is -2.52. The van der Waals surface area contributed by atoms with Gasteiger partial charge < -0.3 is 40.2 Å². The molecular formula is C45H50N8O6. The fraction of sp³-hybridized carbons (Fsp3) is 0.422. The molecule has 2 saturated heterocycles. The highest BCUT2D eigenvalue weighted by Gasteiger charge is 2.57. The van der Waals surface area contributed by atoms with Gasteiger partial charge in [0.2, 0.25) is 11.8 Å². The van der Waals surface area contributed by atoms with Crippen molar-refractivity contribution in [2.24, 2.45) is 23.7 Å². The molecule has 5 aromatic rings. The van der Waals surface area contributed by atoms with E-state index >= 15 is 0 Å². The van der Waals surface area contributed by atoms with Gasteiger partial charge in [0.05, 0.1) is 43.0 Å². The van der Waals surface area contributed by atoms with Gasteiger partial charge in [-0.15, -0.1) is 0 Å². The number of methoxy groups -OCH3 is 1. The normalized spacial score (nSPS) is 23.8. The number of nitrogens with one attached hydrogen (secondary N) is 4. The van der Waals surface area contributed by atoms with E-state index in [1.165, 1.54) is 7.11 Å². The number of rotatable bonds is 11. The first kappa shape index (κ1) is 38.3. The molecule has 4 amide bonds. The third-order valence-corrected chi connectivity index (χ3v) is 12.8. The minimum atomic E-state index is -1.20. The molecule has 2 saturated carbocycles. The minimum absolute atomic E-state index is 0.100. The molecule has 59 heavy (non-hydrogen) atoms. The number of likely N-dealkylation sites (tertiary alicyclic amines) is 2. The number of benzene rings is 3. The number of hydrogen-bond acceptors (Lipinski definition) is 7. The minimum Gasteiger partial charge on any atom is -0.465 e. The van der Waals surface area contributed by atoms with Crippen LogP contribution >= 0.6 is 0 Å².